The number of amides is 1. The molecule has 4 rings (SSSR count). The minimum absolute atomic E-state index is 0.00888. The monoisotopic (exact) mass is 546 g/mol. The van der Waals surface area contributed by atoms with E-state index in [9.17, 15) is 13.2 Å². The molecule has 162 valence electrons. The number of thiophene rings is 1. The second-order valence-electron chi connectivity index (χ2n) is 6.82. The molecule has 0 unspecified atom stereocenters. The lowest BCUT2D eigenvalue weighted by atomic mass is 10.2. The van der Waals surface area contributed by atoms with Crippen molar-refractivity contribution in [3.63, 3.8) is 0 Å². The van der Waals surface area contributed by atoms with Crippen molar-refractivity contribution in [3.8, 4) is 6.07 Å². The van der Waals surface area contributed by atoms with Crippen LogP contribution in [0.1, 0.15) is 20.9 Å². The molecule has 0 aliphatic carbocycles. The number of anilines is 2. The summed E-state index contributed by atoms with van der Waals surface area (Å²) in [5, 5.41) is 10.8. The van der Waals surface area contributed by atoms with Crippen LogP contribution in [-0.4, -0.2) is 25.6 Å². The van der Waals surface area contributed by atoms with Gasteiger partial charge in [0.2, 0.25) is 10.0 Å². The lowest BCUT2D eigenvalue weighted by molar-refractivity contribution is 0.0977. The van der Waals surface area contributed by atoms with Gasteiger partial charge in [-0.3, -0.25) is 4.79 Å². The maximum atomic E-state index is 12.4. The quantitative estimate of drug-likeness (QED) is 0.364. The highest BCUT2D eigenvalue weighted by Crippen LogP contribution is 2.37. The minimum atomic E-state index is -3.72. The van der Waals surface area contributed by atoms with Crippen LogP contribution in [0.5, 0.6) is 0 Å². The molecular formula is C21H15BrN4O3S3. The molecule has 2 aromatic heterocycles. The maximum Gasteiger partial charge on any atom is 0.285 e. The van der Waals surface area contributed by atoms with Gasteiger partial charge in [0.1, 0.15) is 3.79 Å². The number of aromatic nitrogens is 1. The summed E-state index contributed by atoms with van der Waals surface area (Å²) in [5.41, 5.74) is 1.31. The Kier molecular flexibility index (Phi) is 6.30. The maximum absolute atomic E-state index is 12.4. The van der Waals surface area contributed by atoms with Gasteiger partial charge in [-0.1, -0.05) is 29.5 Å². The van der Waals surface area contributed by atoms with Crippen LogP contribution in [-0.2, 0) is 16.6 Å². The van der Waals surface area contributed by atoms with Gasteiger partial charge in [0, 0.05) is 15.3 Å². The molecule has 0 fully saturated rings. The van der Waals surface area contributed by atoms with Crippen molar-refractivity contribution in [1.82, 2.24) is 9.71 Å². The standard InChI is InChI=1S/C21H15BrN4O3S3/c1-32(28,29)25-20(27)18-19(22)31-21(24-18)26(15-8-6-13(11-23)7-9-15)12-16-10-14-4-2-3-5-17(14)30-16/h2-10H,12H2,1H3,(H,25,27). The zero-order chi connectivity index (χ0) is 22.9. The average molecular weight is 547 g/mol. The third kappa shape index (κ3) is 4.99. The molecule has 7 nitrogen and oxygen atoms in total. The molecular weight excluding hydrogens is 532 g/mol. The number of halogens is 1. The van der Waals surface area contributed by atoms with Gasteiger partial charge < -0.3 is 4.90 Å². The molecule has 0 atom stereocenters. The molecule has 1 amide bonds. The van der Waals surface area contributed by atoms with E-state index in [-0.39, 0.29) is 5.69 Å². The van der Waals surface area contributed by atoms with Gasteiger partial charge >= 0.3 is 0 Å². The Balaban J connectivity index is 1.74. The van der Waals surface area contributed by atoms with Crippen molar-refractivity contribution in [2.45, 2.75) is 6.54 Å². The van der Waals surface area contributed by atoms with Gasteiger partial charge in [-0.15, -0.1) is 11.3 Å². The molecule has 0 spiro atoms. The molecule has 1 N–H and O–H groups in total. The van der Waals surface area contributed by atoms with Crippen LogP contribution >= 0.6 is 38.6 Å². The number of nitrogens with one attached hydrogen (secondary N) is 1. The summed E-state index contributed by atoms with van der Waals surface area (Å²) in [6.07, 6.45) is 0.913. The zero-order valence-corrected chi connectivity index (χ0v) is 20.6. The fourth-order valence-electron chi connectivity index (χ4n) is 3.02. The van der Waals surface area contributed by atoms with Gasteiger partial charge in [0.25, 0.3) is 5.91 Å². The van der Waals surface area contributed by atoms with Crippen molar-refractivity contribution in [3.05, 3.63) is 74.5 Å². The van der Waals surface area contributed by atoms with Crippen LogP contribution in [0, 0.1) is 11.3 Å². The van der Waals surface area contributed by atoms with Gasteiger partial charge in [-0.25, -0.2) is 18.1 Å². The van der Waals surface area contributed by atoms with Crippen LogP contribution < -0.4 is 9.62 Å². The van der Waals surface area contributed by atoms with Crippen molar-refractivity contribution in [1.29, 1.82) is 5.26 Å². The Hall–Kier alpha value is -2.78. The number of rotatable bonds is 6. The highest BCUT2D eigenvalue weighted by Gasteiger charge is 2.23. The molecule has 11 heteroatoms. The fraction of sp³-hybridized carbons (Fsp3) is 0.0952. The number of carbonyl (C=O) groups excluding carboxylic acids is 1. The SMILES string of the molecule is CS(=O)(=O)NC(=O)c1nc(N(Cc2cc3ccccc3s2)c2ccc(C#N)cc2)sc1Br. The van der Waals surface area contributed by atoms with Crippen LogP contribution in [0.15, 0.2) is 58.4 Å². The summed E-state index contributed by atoms with van der Waals surface area (Å²) in [4.78, 5) is 19.8. The van der Waals surface area contributed by atoms with Crippen molar-refractivity contribution in [2.24, 2.45) is 0 Å². The lowest BCUT2D eigenvalue weighted by Crippen LogP contribution is -2.29. The molecule has 2 heterocycles. The van der Waals surface area contributed by atoms with Crippen molar-refractivity contribution < 1.29 is 13.2 Å². The first-order valence-electron chi connectivity index (χ1n) is 9.17. The van der Waals surface area contributed by atoms with Crippen LogP contribution in [0.2, 0.25) is 0 Å². The van der Waals surface area contributed by atoms with E-state index in [4.69, 9.17) is 5.26 Å². The largest absolute Gasteiger partial charge is 0.313 e. The number of hydrogen-bond acceptors (Lipinski definition) is 8. The molecule has 0 saturated heterocycles. The molecule has 32 heavy (non-hydrogen) atoms. The highest BCUT2D eigenvalue weighted by molar-refractivity contribution is 9.11. The summed E-state index contributed by atoms with van der Waals surface area (Å²) < 4.78 is 26.5. The lowest BCUT2D eigenvalue weighted by Gasteiger charge is -2.21. The van der Waals surface area contributed by atoms with Gasteiger partial charge in [0.05, 0.1) is 24.4 Å². The third-order valence-corrected chi connectivity index (χ3v) is 7.78. The number of sulfonamides is 1. The molecule has 2 aromatic carbocycles. The number of nitrogens with zero attached hydrogens (tertiary/aromatic N) is 3. The molecule has 0 saturated carbocycles. The van der Waals surface area contributed by atoms with Gasteiger partial charge in [-0.2, -0.15) is 5.26 Å². The fourth-order valence-corrected chi connectivity index (χ4v) is 6.02. The summed E-state index contributed by atoms with van der Waals surface area (Å²) in [6.45, 7) is 0.484. The van der Waals surface area contributed by atoms with Crippen molar-refractivity contribution in [2.75, 3.05) is 11.2 Å². The first-order chi connectivity index (χ1) is 15.2. The number of carbonyl (C=O) groups is 1. The average Bonchev–Trinajstić information content (AvgIpc) is 3.33. The molecule has 4 aromatic rings. The smallest absolute Gasteiger partial charge is 0.285 e. The van der Waals surface area contributed by atoms with E-state index >= 15 is 0 Å². The van der Waals surface area contributed by atoms with E-state index in [2.05, 4.69) is 45.2 Å². The molecule has 0 bridgehead atoms. The number of fused-ring (bicyclic) bond motifs is 1. The number of hydrogen-bond donors (Lipinski definition) is 1. The first kappa shape index (κ1) is 22.4. The Morgan fingerprint density at radius 1 is 1.19 bits per heavy atom. The van der Waals surface area contributed by atoms with Crippen LogP contribution in [0.4, 0.5) is 10.8 Å². The number of nitriles is 1. The summed E-state index contributed by atoms with van der Waals surface area (Å²) >= 11 is 6.22. The van der Waals surface area contributed by atoms with E-state index in [0.717, 1.165) is 26.9 Å². The second kappa shape index (κ2) is 8.99. The van der Waals surface area contributed by atoms with Crippen molar-refractivity contribution >= 4 is 75.4 Å². The molecule has 0 radical (unpaired) electrons. The Morgan fingerprint density at radius 2 is 1.91 bits per heavy atom. The zero-order valence-electron chi connectivity index (χ0n) is 16.6. The Bertz CT molecular complexity index is 1420. The second-order valence-corrected chi connectivity index (χ2v) is 12.0. The minimum Gasteiger partial charge on any atom is -0.313 e. The topological polar surface area (TPSA) is 103 Å². The van der Waals surface area contributed by atoms with Crippen LogP contribution in [0.25, 0.3) is 10.1 Å². The van der Waals surface area contributed by atoms with E-state index in [1.165, 1.54) is 11.3 Å². The highest BCUT2D eigenvalue weighted by atomic mass is 79.9. The molecule has 0 aliphatic rings. The molecule has 0 aliphatic heterocycles. The number of thiazole rings is 1. The third-order valence-electron chi connectivity index (χ3n) is 4.40. The summed E-state index contributed by atoms with van der Waals surface area (Å²) in [7, 11) is -3.72. The Labute approximate surface area is 201 Å². The van der Waals surface area contributed by atoms with Crippen LogP contribution in [0.3, 0.4) is 0 Å². The van der Waals surface area contributed by atoms with E-state index < -0.39 is 15.9 Å². The Morgan fingerprint density at radius 3 is 2.56 bits per heavy atom. The predicted octanol–water partition coefficient (Wildman–Crippen LogP) is 5.02. The summed E-state index contributed by atoms with van der Waals surface area (Å²) in [5.74, 6) is -0.802. The van der Waals surface area contributed by atoms with Gasteiger partial charge in [0.15, 0.2) is 10.8 Å². The predicted molar refractivity (Wildman–Crippen MR) is 131 cm³/mol. The summed E-state index contributed by atoms with van der Waals surface area (Å²) in [6, 6.07) is 19.4. The first-order valence-corrected chi connectivity index (χ1v) is 13.5. The van der Waals surface area contributed by atoms with E-state index in [1.54, 1.807) is 23.5 Å². The van der Waals surface area contributed by atoms with Gasteiger partial charge in [-0.05, 0) is 57.7 Å². The van der Waals surface area contributed by atoms with E-state index in [0.29, 0.717) is 21.0 Å². The normalized spacial score (nSPS) is 11.3. The number of benzene rings is 2. The van der Waals surface area contributed by atoms with E-state index in [1.807, 2.05) is 33.9 Å².